The Balaban J connectivity index is 1.82. The van der Waals surface area contributed by atoms with Crippen molar-refractivity contribution in [2.24, 2.45) is 0 Å². The van der Waals surface area contributed by atoms with Crippen molar-refractivity contribution in [1.82, 2.24) is 24.7 Å². The second-order valence-electron chi connectivity index (χ2n) is 7.67. The first kappa shape index (κ1) is 18.3. The highest BCUT2D eigenvalue weighted by atomic mass is 19.1. The molecule has 0 fully saturated rings. The van der Waals surface area contributed by atoms with Gasteiger partial charge in [0.25, 0.3) is 0 Å². The van der Waals surface area contributed by atoms with Gasteiger partial charge in [0.2, 0.25) is 0 Å². The molecule has 0 amide bonds. The molecule has 26 heavy (non-hydrogen) atoms. The van der Waals surface area contributed by atoms with E-state index in [2.05, 4.69) is 46.3 Å². The molecule has 0 saturated heterocycles. The first-order chi connectivity index (χ1) is 12.3. The number of nitrogens with zero attached hydrogens (tertiary/aromatic N) is 5. The molecule has 7 heteroatoms. The van der Waals surface area contributed by atoms with E-state index in [9.17, 15) is 4.39 Å². The second kappa shape index (κ2) is 6.99. The zero-order chi connectivity index (χ0) is 18.9. The molecule has 3 rings (SSSR count). The Bertz CT molecular complexity index is 879. The monoisotopic (exact) mass is 356 g/mol. The van der Waals surface area contributed by atoms with Crippen molar-refractivity contribution in [2.75, 3.05) is 26.0 Å². The van der Waals surface area contributed by atoms with Gasteiger partial charge in [0.15, 0.2) is 11.5 Å². The summed E-state index contributed by atoms with van der Waals surface area (Å²) in [5.74, 6) is 1.34. The number of benzene rings is 1. The maximum Gasteiger partial charge on any atom is 0.178 e. The number of hydrogen-bond donors (Lipinski definition) is 1. The molecular formula is C19H25FN6. The standard InChI is InChI=1S/C19H25FN6/c1-19(2,3)18-23-22-17-11-10-16(24-26(17)18)21-12-15(25(4)5)13-6-8-14(20)9-7-13/h6-11,15H,12H2,1-5H3,(H,21,24). The number of nitrogens with one attached hydrogen (secondary N) is 1. The van der Waals surface area contributed by atoms with Crippen molar-refractivity contribution in [3.05, 3.63) is 53.6 Å². The zero-order valence-electron chi connectivity index (χ0n) is 15.9. The van der Waals surface area contributed by atoms with E-state index in [0.717, 1.165) is 22.9 Å². The zero-order valence-corrected chi connectivity index (χ0v) is 15.9. The quantitative estimate of drug-likeness (QED) is 0.760. The average molecular weight is 356 g/mol. The fraction of sp³-hybridized carbons (Fsp3) is 0.421. The minimum Gasteiger partial charge on any atom is -0.367 e. The van der Waals surface area contributed by atoms with Gasteiger partial charge in [0.05, 0.1) is 6.04 Å². The van der Waals surface area contributed by atoms with Crippen LogP contribution >= 0.6 is 0 Å². The minimum atomic E-state index is -0.228. The molecule has 2 aromatic heterocycles. The molecule has 0 spiro atoms. The van der Waals surface area contributed by atoms with E-state index in [-0.39, 0.29) is 17.3 Å². The molecule has 1 aromatic carbocycles. The van der Waals surface area contributed by atoms with E-state index < -0.39 is 0 Å². The average Bonchev–Trinajstić information content (AvgIpc) is 3.00. The van der Waals surface area contributed by atoms with Gasteiger partial charge in [-0.3, -0.25) is 0 Å². The molecule has 138 valence electrons. The number of anilines is 1. The summed E-state index contributed by atoms with van der Waals surface area (Å²) in [6.07, 6.45) is 0. The summed E-state index contributed by atoms with van der Waals surface area (Å²) in [6.45, 7) is 6.90. The third kappa shape index (κ3) is 3.83. The van der Waals surface area contributed by atoms with Crippen molar-refractivity contribution < 1.29 is 4.39 Å². The Labute approximate surface area is 153 Å². The van der Waals surface area contributed by atoms with Gasteiger partial charge in [0.1, 0.15) is 11.6 Å². The fourth-order valence-corrected chi connectivity index (χ4v) is 2.84. The lowest BCUT2D eigenvalue weighted by Gasteiger charge is -2.25. The summed E-state index contributed by atoms with van der Waals surface area (Å²) in [5, 5.41) is 16.5. The van der Waals surface area contributed by atoms with Crippen molar-refractivity contribution >= 4 is 11.5 Å². The van der Waals surface area contributed by atoms with Gasteiger partial charge in [-0.2, -0.15) is 4.52 Å². The van der Waals surface area contributed by atoms with Crippen LogP contribution in [-0.2, 0) is 5.41 Å². The van der Waals surface area contributed by atoms with Crippen LogP contribution in [0, 0.1) is 5.82 Å². The van der Waals surface area contributed by atoms with Gasteiger partial charge >= 0.3 is 0 Å². The molecule has 6 nitrogen and oxygen atoms in total. The molecule has 1 atom stereocenters. The van der Waals surface area contributed by atoms with Crippen LogP contribution in [0.3, 0.4) is 0 Å². The fourth-order valence-electron chi connectivity index (χ4n) is 2.84. The van der Waals surface area contributed by atoms with Crippen LogP contribution in [-0.4, -0.2) is 45.4 Å². The Hall–Kier alpha value is -2.54. The van der Waals surface area contributed by atoms with Crippen LogP contribution in [0.1, 0.15) is 38.2 Å². The lowest BCUT2D eigenvalue weighted by Crippen LogP contribution is -2.27. The van der Waals surface area contributed by atoms with Crippen LogP contribution in [0.25, 0.3) is 5.65 Å². The lowest BCUT2D eigenvalue weighted by molar-refractivity contribution is 0.311. The Morgan fingerprint density at radius 1 is 1.08 bits per heavy atom. The lowest BCUT2D eigenvalue weighted by atomic mass is 9.96. The molecule has 0 radical (unpaired) electrons. The molecule has 2 heterocycles. The number of rotatable bonds is 5. The van der Waals surface area contributed by atoms with Gasteiger partial charge in [-0.1, -0.05) is 32.9 Å². The minimum absolute atomic E-state index is 0.0936. The third-order valence-corrected chi connectivity index (χ3v) is 4.29. The van der Waals surface area contributed by atoms with E-state index in [1.807, 2.05) is 38.4 Å². The summed E-state index contributed by atoms with van der Waals surface area (Å²) in [7, 11) is 4.01. The topological polar surface area (TPSA) is 58.3 Å². The summed E-state index contributed by atoms with van der Waals surface area (Å²) < 4.78 is 15.0. The van der Waals surface area contributed by atoms with Crippen LogP contribution < -0.4 is 5.32 Å². The maximum atomic E-state index is 13.2. The van der Waals surface area contributed by atoms with Gasteiger partial charge < -0.3 is 10.2 Å². The number of likely N-dealkylation sites (N-methyl/N-ethyl adjacent to an activating group) is 1. The highest BCUT2D eigenvalue weighted by molar-refractivity contribution is 5.44. The highest BCUT2D eigenvalue weighted by Gasteiger charge is 2.22. The molecule has 0 bridgehead atoms. The Morgan fingerprint density at radius 3 is 2.38 bits per heavy atom. The van der Waals surface area contributed by atoms with Crippen molar-refractivity contribution in [3.8, 4) is 0 Å². The highest BCUT2D eigenvalue weighted by Crippen LogP contribution is 2.22. The summed E-state index contributed by atoms with van der Waals surface area (Å²) in [6, 6.07) is 10.5. The predicted octanol–water partition coefficient (Wildman–Crippen LogP) is 3.28. The van der Waals surface area contributed by atoms with E-state index in [4.69, 9.17) is 0 Å². The van der Waals surface area contributed by atoms with Gasteiger partial charge in [-0.15, -0.1) is 15.3 Å². The number of aromatic nitrogens is 4. The largest absolute Gasteiger partial charge is 0.367 e. The smallest absolute Gasteiger partial charge is 0.178 e. The van der Waals surface area contributed by atoms with Gasteiger partial charge in [-0.25, -0.2) is 4.39 Å². The number of halogens is 1. The molecule has 0 aliphatic carbocycles. The second-order valence-corrected chi connectivity index (χ2v) is 7.67. The number of hydrogen-bond acceptors (Lipinski definition) is 5. The summed E-state index contributed by atoms with van der Waals surface area (Å²) in [4.78, 5) is 2.10. The Kier molecular flexibility index (Phi) is 4.91. The molecule has 3 aromatic rings. The van der Waals surface area contributed by atoms with Crippen LogP contribution in [0.4, 0.5) is 10.2 Å². The van der Waals surface area contributed by atoms with Crippen molar-refractivity contribution in [1.29, 1.82) is 0 Å². The van der Waals surface area contributed by atoms with Crippen LogP contribution in [0.2, 0.25) is 0 Å². The van der Waals surface area contributed by atoms with E-state index in [0.29, 0.717) is 6.54 Å². The van der Waals surface area contributed by atoms with Crippen molar-refractivity contribution in [3.63, 3.8) is 0 Å². The molecule has 0 aliphatic heterocycles. The third-order valence-electron chi connectivity index (χ3n) is 4.29. The normalized spacial score (nSPS) is 13.3. The molecule has 1 N–H and O–H groups in total. The van der Waals surface area contributed by atoms with Gasteiger partial charge in [0, 0.05) is 12.0 Å². The van der Waals surface area contributed by atoms with E-state index in [1.165, 1.54) is 12.1 Å². The first-order valence-corrected chi connectivity index (χ1v) is 8.64. The Morgan fingerprint density at radius 2 is 1.77 bits per heavy atom. The van der Waals surface area contributed by atoms with Gasteiger partial charge in [-0.05, 0) is 43.9 Å². The SMILES string of the molecule is CN(C)C(CNc1ccc2nnc(C(C)(C)C)n2n1)c1ccc(F)cc1. The molecule has 0 aliphatic rings. The van der Waals surface area contributed by atoms with Crippen LogP contribution in [0.15, 0.2) is 36.4 Å². The molecule has 1 unspecified atom stereocenters. The predicted molar refractivity (Wildman–Crippen MR) is 101 cm³/mol. The first-order valence-electron chi connectivity index (χ1n) is 8.64. The van der Waals surface area contributed by atoms with Crippen molar-refractivity contribution in [2.45, 2.75) is 32.2 Å². The van der Waals surface area contributed by atoms with Crippen LogP contribution in [0.5, 0.6) is 0 Å². The number of fused-ring (bicyclic) bond motifs is 1. The van der Waals surface area contributed by atoms with E-state index in [1.54, 1.807) is 4.52 Å². The maximum absolute atomic E-state index is 13.2. The van der Waals surface area contributed by atoms with E-state index >= 15 is 0 Å². The molecular weight excluding hydrogens is 331 g/mol. The summed E-state index contributed by atoms with van der Waals surface area (Å²) >= 11 is 0. The molecule has 0 saturated carbocycles. The summed E-state index contributed by atoms with van der Waals surface area (Å²) in [5.41, 5.74) is 1.62.